The highest BCUT2D eigenvalue weighted by Crippen LogP contribution is 2.21. The van der Waals surface area contributed by atoms with Crippen LogP contribution in [0.3, 0.4) is 0 Å². The molecule has 0 bridgehead atoms. The number of hydrogen-bond acceptors (Lipinski definition) is 5. The predicted octanol–water partition coefficient (Wildman–Crippen LogP) is 4.65. The lowest BCUT2D eigenvalue weighted by Crippen LogP contribution is -2.61. The van der Waals surface area contributed by atoms with Crippen molar-refractivity contribution in [3.8, 4) is 0 Å². The van der Waals surface area contributed by atoms with Crippen LogP contribution in [0.5, 0.6) is 0 Å². The van der Waals surface area contributed by atoms with Gasteiger partial charge >= 0.3 is 0 Å². The summed E-state index contributed by atoms with van der Waals surface area (Å²) in [7, 11) is 0. The van der Waals surface area contributed by atoms with E-state index in [1.807, 2.05) is 97.1 Å². The summed E-state index contributed by atoms with van der Waals surface area (Å²) >= 11 is 0. The van der Waals surface area contributed by atoms with Crippen molar-refractivity contribution >= 4 is 23.6 Å². The molecule has 9 nitrogen and oxygen atoms in total. The summed E-state index contributed by atoms with van der Waals surface area (Å²) in [5.74, 6) is -1.50. The minimum atomic E-state index is -0.947. The number of allylic oxidation sites excluding steroid dienone is 1. The Labute approximate surface area is 289 Å². The third-order valence-corrected chi connectivity index (χ3v) is 9.26. The Morgan fingerprint density at radius 2 is 1.27 bits per heavy atom. The molecular formula is C40H48N4O5. The Bertz CT molecular complexity index is 1550. The van der Waals surface area contributed by atoms with Crippen molar-refractivity contribution in [1.29, 1.82) is 0 Å². The molecule has 2 heterocycles. The van der Waals surface area contributed by atoms with Gasteiger partial charge in [0.1, 0.15) is 24.2 Å². The maximum Gasteiger partial charge on any atom is 0.246 e. The highest BCUT2D eigenvalue weighted by atomic mass is 16.5. The van der Waals surface area contributed by atoms with Crippen LogP contribution in [-0.2, 0) is 43.4 Å². The van der Waals surface area contributed by atoms with Gasteiger partial charge in [-0.25, -0.2) is 0 Å². The molecule has 2 aliphatic rings. The molecule has 5 rings (SSSR count). The van der Waals surface area contributed by atoms with Gasteiger partial charge in [0.2, 0.25) is 23.6 Å². The molecule has 3 aromatic carbocycles. The van der Waals surface area contributed by atoms with E-state index in [4.69, 9.17) is 4.74 Å². The summed E-state index contributed by atoms with van der Waals surface area (Å²) in [6.07, 6.45) is 8.28. The second-order valence-corrected chi connectivity index (χ2v) is 12.9. The molecule has 0 radical (unpaired) electrons. The van der Waals surface area contributed by atoms with Gasteiger partial charge in [-0.1, -0.05) is 110 Å². The zero-order valence-electron chi connectivity index (χ0n) is 28.3. The van der Waals surface area contributed by atoms with E-state index in [9.17, 15) is 19.2 Å². The minimum absolute atomic E-state index is 0.0645. The number of amides is 4. The van der Waals surface area contributed by atoms with E-state index in [2.05, 4.69) is 29.0 Å². The number of nitrogens with zero attached hydrogens (tertiary/aromatic N) is 1. The highest BCUT2D eigenvalue weighted by Gasteiger charge is 2.40. The first-order chi connectivity index (χ1) is 23.9. The van der Waals surface area contributed by atoms with Gasteiger partial charge in [-0.3, -0.25) is 19.2 Å². The number of hydrogen-bond donors (Lipinski definition) is 3. The molecule has 49 heavy (non-hydrogen) atoms. The van der Waals surface area contributed by atoms with E-state index < -0.39 is 36.0 Å². The molecule has 1 unspecified atom stereocenters. The van der Waals surface area contributed by atoms with Gasteiger partial charge in [0.05, 0.1) is 12.7 Å². The quantitative estimate of drug-likeness (QED) is 0.230. The Morgan fingerprint density at radius 1 is 0.714 bits per heavy atom. The fraction of sp³-hybridized carbons (Fsp3) is 0.400. The van der Waals surface area contributed by atoms with E-state index in [1.165, 1.54) is 0 Å². The molecule has 0 spiro atoms. The molecule has 258 valence electrons. The maximum absolute atomic E-state index is 14.0. The van der Waals surface area contributed by atoms with Crippen molar-refractivity contribution in [2.75, 3.05) is 6.54 Å². The van der Waals surface area contributed by atoms with Gasteiger partial charge < -0.3 is 25.6 Å². The van der Waals surface area contributed by atoms with Gasteiger partial charge in [-0.15, -0.1) is 0 Å². The molecule has 2 aliphatic heterocycles. The van der Waals surface area contributed by atoms with E-state index in [0.29, 0.717) is 38.8 Å². The van der Waals surface area contributed by atoms with Gasteiger partial charge in [0.25, 0.3) is 0 Å². The molecule has 3 aromatic rings. The molecule has 9 heteroatoms. The Hall–Kier alpha value is -4.76. The van der Waals surface area contributed by atoms with Crippen LogP contribution in [-0.4, -0.2) is 65.3 Å². The first-order valence-corrected chi connectivity index (χ1v) is 17.5. The third-order valence-electron chi connectivity index (χ3n) is 9.26. The number of carbonyl (C=O) groups excluding carboxylic acids is 4. The molecule has 0 aliphatic carbocycles. The second kappa shape index (κ2) is 18.1. The van der Waals surface area contributed by atoms with Gasteiger partial charge in [-0.2, -0.15) is 0 Å². The minimum Gasteiger partial charge on any atom is -0.373 e. The van der Waals surface area contributed by atoms with Crippen molar-refractivity contribution in [1.82, 2.24) is 20.9 Å². The molecule has 0 aromatic heterocycles. The molecule has 3 N–H and O–H groups in total. The third kappa shape index (κ3) is 10.4. The van der Waals surface area contributed by atoms with Crippen LogP contribution in [0, 0.1) is 0 Å². The first-order valence-electron chi connectivity index (χ1n) is 17.5. The lowest BCUT2D eigenvalue weighted by atomic mass is 10.0. The van der Waals surface area contributed by atoms with Crippen molar-refractivity contribution in [2.24, 2.45) is 0 Å². The summed E-state index contributed by atoms with van der Waals surface area (Å²) in [5, 5.41) is 8.85. The zero-order valence-corrected chi connectivity index (χ0v) is 28.3. The number of rotatable bonds is 13. The zero-order chi connectivity index (χ0) is 34.4. The number of nitrogens with one attached hydrogen (secondary N) is 3. The molecule has 5 atom stereocenters. The van der Waals surface area contributed by atoms with Crippen molar-refractivity contribution in [2.45, 2.75) is 95.2 Å². The number of ether oxygens (including phenoxy) is 1. The van der Waals surface area contributed by atoms with Crippen LogP contribution in [0.15, 0.2) is 103 Å². The lowest BCUT2D eigenvalue weighted by Gasteiger charge is -2.32. The standard InChI is InChI=1S/C40H48N4O5/c1-2-32(49-28-31-20-11-5-12-21-31)22-13-6-14-23-33-37(45)42-34(26-29-16-7-3-8-17-29)38(46)43-35(27-30-18-9-4-10-19-30)40(48)44-25-15-24-36(44)39(47)41-33/h3-13,16-21,32-36H,2,14-15,22-28H2,1H3,(H,41,47)(H,42,45)(H,43,46)/t32?,33-,34-,35-,36+/m0/s1. The van der Waals surface area contributed by atoms with Crippen LogP contribution >= 0.6 is 0 Å². The largest absolute Gasteiger partial charge is 0.373 e. The first kappa shape index (κ1) is 35.5. The van der Waals surface area contributed by atoms with Crippen LogP contribution < -0.4 is 16.0 Å². The normalized spacial score (nSPS) is 22.4. The average molecular weight is 665 g/mol. The van der Waals surface area contributed by atoms with Crippen LogP contribution in [0.2, 0.25) is 0 Å². The smallest absolute Gasteiger partial charge is 0.246 e. The summed E-state index contributed by atoms with van der Waals surface area (Å²) in [4.78, 5) is 57.1. The van der Waals surface area contributed by atoms with E-state index >= 15 is 0 Å². The Balaban J connectivity index is 1.30. The summed E-state index contributed by atoms with van der Waals surface area (Å²) in [6.45, 7) is 3.06. The topological polar surface area (TPSA) is 117 Å². The van der Waals surface area contributed by atoms with E-state index in [1.54, 1.807) is 4.90 Å². The van der Waals surface area contributed by atoms with Gasteiger partial charge in [-0.05, 0) is 55.2 Å². The van der Waals surface area contributed by atoms with Gasteiger partial charge in [0.15, 0.2) is 0 Å². The van der Waals surface area contributed by atoms with Crippen molar-refractivity contribution in [3.05, 3.63) is 120 Å². The van der Waals surface area contributed by atoms with Crippen LogP contribution in [0.25, 0.3) is 0 Å². The monoisotopic (exact) mass is 664 g/mol. The fourth-order valence-electron chi connectivity index (χ4n) is 6.46. The Kier molecular flexibility index (Phi) is 13.1. The predicted molar refractivity (Wildman–Crippen MR) is 189 cm³/mol. The number of fused-ring (bicyclic) bond motifs is 1. The second-order valence-electron chi connectivity index (χ2n) is 12.9. The fourth-order valence-corrected chi connectivity index (χ4v) is 6.46. The highest BCUT2D eigenvalue weighted by molar-refractivity contribution is 5.98. The van der Waals surface area contributed by atoms with E-state index in [-0.39, 0.29) is 30.8 Å². The van der Waals surface area contributed by atoms with Crippen LogP contribution in [0.4, 0.5) is 0 Å². The van der Waals surface area contributed by atoms with E-state index in [0.717, 1.165) is 29.5 Å². The average Bonchev–Trinajstić information content (AvgIpc) is 3.62. The summed E-state index contributed by atoms with van der Waals surface area (Å²) < 4.78 is 6.10. The number of carbonyl (C=O) groups is 4. The molecule has 2 fully saturated rings. The molecule has 2 saturated heterocycles. The lowest BCUT2D eigenvalue weighted by molar-refractivity contribution is -0.143. The number of benzene rings is 3. The maximum atomic E-state index is 14.0. The summed E-state index contributed by atoms with van der Waals surface area (Å²) in [5.41, 5.74) is 2.88. The Morgan fingerprint density at radius 3 is 1.90 bits per heavy atom. The SMILES string of the molecule is CCC(CC=CCC[C@@H]1NC(=O)[C@H]2CCCN2C(=O)[C@H](Cc2ccccc2)NC(=O)[C@H](Cc2ccccc2)NC1=O)OCc1ccccc1. The van der Waals surface area contributed by atoms with Crippen molar-refractivity contribution < 1.29 is 23.9 Å². The molecular weight excluding hydrogens is 616 g/mol. The molecule has 4 amide bonds. The molecule has 0 saturated carbocycles. The van der Waals surface area contributed by atoms with Crippen LogP contribution in [0.1, 0.15) is 62.1 Å². The van der Waals surface area contributed by atoms with Gasteiger partial charge in [0, 0.05) is 19.4 Å². The summed E-state index contributed by atoms with van der Waals surface area (Å²) in [6, 6.07) is 25.6. The van der Waals surface area contributed by atoms with Crippen molar-refractivity contribution in [3.63, 3.8) is 0 Å².